The number of ketones is 1. The molecule has 0 heterocycles. The molecule has 0 saturated carbocycles. The zero-order chi connectivity index (χ0) is 13.5. The Morgan fingerprint density at radius 3 is 1.33 bits per heavy atom. The van der Waals surface area contributed by atoms with Crippen LogP contribution in [-0.2, 0) is 4.79 Å². The van der Waals surface area contributed by atoms with Crippen LogP contribution in [0.1, 0.15) is 90.4 Å². The summed E-state index contributed by atoms with van der Waals surface area (Å²) in [7, 11) is 0. The summed E-state index contributed by atoms with van der Waals surface area (Å²) >= 11 is 0. The standard InChI is InChI=1S/C16H31FO/c1-16(18)14-12-10-8-6-4-2-3-5-7-9-11-13-15-17/h2-15H2,1H3. The number of alkyl halides is 1. The number of hydrogen-bond donors (Lipinski definition) is 0. The number of unbranched alkanes of at least 4 members (excludes halogenated alkanes) is 11. The van der Waals surface area contributed by atoms with Crippen molar-refractivity contribution >= 4 is 5.78 Å². The van der Waals surface area contributed by atoms with Crippen molar-refractivity contribution in [1.29, 1.82) is 0 Å². The van der Waals surface area contributed by atoms with Crippen LogP contribution in [0.3, 0.4) is 0 Å². The first kappa shape index (κ1) is 17.6. The Morgan fingerprint density at radius 1 is 0.667 bits per heavy atom. The van der Waals surface area contributed by atoms with Crippen molar-refractivity contribution < 1.29 is 9.18 Å². The van der Waals surface area contributed by atoms with Gasteiger partial charge in [0.2, 0.25) is 0 Å². The van der Waals surface area contributed by atoms with Gasteiger partial charge < -0.3 is 4.79 Å². The highest BCUT2D eigenvalue weighted by Gasteiger charge is 1.95. The fraction of sp³-hybridized carbons (Fsp3) is 0.938. The molecule has 0 atom stereocenters. The van der Waals surface area contributed by atoms with E-state index in [4.69, 9.17) is 0 Å². The highest BCUT2D eigenvalue weighted by atomic mass is 19.1. The lowest BCUT2D eigenvalue weighted by atomic mass is 10.0. The summed E-state index contributed by atoms with van der Waals surface area (Å²) in [4.78, 5) is 10.7. The molecule has 0 aromatic rings. The smallest absolute Gasteiger partial charge is 0.129 e. The van der Waals surface area contributed by atoms with Gasteiger partial charge in [0.1, 0.15) is 5.78 Å². The van der Waals surface area contributed by atoms with Gasteiger partial charge in [-0.25, -0.2) is 0 Å². The van der Waals surface area contributed by atoms with Crippen molar-refractivity contribution in [2.75, 3.05) is 6.67 Å². The zero-order valence-corrected chi connectivity index (χ0v) is 12.2. The van der Waals surface area contributed by atoms with Gasteiger partial charge in [-0.15, -0.1) is 0 Å². The summed E-state index contributed by atoms with van der Waals surface area (Å²) in [5.74, 6) is 0.322. The molecule has 0 spiro atoms. The highest BCUT2D eigenvalue weighted by Crippen LogP contribution is 2.12. The van der Waals surface area contributed by atoms with Gasteiger partial charge in [-0.2, -0.15) is 0 Å². The number of carbonyl (C=O) groups excluding carboxylic acids is 1. The van der Waals surface area contributed by atoms with Crippen LogP contribution >= 0.6 is 0 Å². The molecule has 0 aliphatic rings. The Labute approximate surface area is 113 Å². The second kappa shape index (κ2) is 14.7. The maximum Gasteiger partial charge on any atom is 0.129 e. The first-order valence-electron chi connectivity index (χ1n) is 7.82. The number of carbonyl (C=O) groups is 1. The number of Topliss-reactive ketones (excluding diaryl/α,β-unsaturated/α-hetero) is 1. The topological polar surface area (TPSA) is 17.1 Å². The third-order valence-corrected chi connectivity index (χ3v) is 3.41. The first-order valence-corrected chi connectivity index (χ1v) is 7.82. The quantitative estimate of drug-likeness (QED) is 0.370. The molecule has 0 bridgehead atoms. The number of halogens is 1. The molecule has 0 aliphatic carbocycles. The molecule has 2 heteroatoms. The third kappa shape index (κ3) is 15.6. The van der Waals surface area contributed by atoms with E-state index >= 15 is 0 Å². The molecule has 0 fully saturated rings. The fourth-order valence-electron chi connectivity index (χ4n) is 2.24. The lowest BCUT2D eigenvalue weighted by molar-refractivity contribution is -0.117. The van der Waals surface area contributed by atoms with Crippen molar-refractivity contribution in [2.24, 2.45) is 0 Å². The normalized spacial score (nSPS) is 10.8. The maximum atomic E-state index is 11.8. The Hall–Kier alpha value is -0.400. The fourth-order valence-corrected chi connectivity index (χ4v) is 2.24. The van der Waals surface area contributed by atoms with Crippen LogP contribution < -0.4 is 0 Å². The molecular formula is C16H31FO. The van der Waals surface area contributed by atoms with Gasteiger partial charge in [-0.3, -0.25) is 4.39 Å². The van der Waals surface area contributed by atoms with E-state index < -0.39 is 0 Å². The molecule has 108 valence electrons. The largest absolute Gasteiger partial charge is 0.300 e. The molecule has 0 aliphatic heterocycles. The minimum atomic E-state index is -0.149. The van der Waals surface area contributed by atoms with Gasteiger partial charge in [-0.05, 0) is 19.8 Å². The highest BCUT2D eigenvalue weighted by molar-refractivity contribution is 5.75. The average molecular weight is 258 g/mol. The van der Waals surface area contributed by atoms with Crippen LogP contribution in [0.4, 0.5) is 4.39 Å². The Morgan fingerprint density at radius 2 is 1.00 bits per heavy atom. The van der Waals surface area contributed by atoms with E-state index in [1.54, 1.807) is 6.92 Å². The number of hydrogen-bond acceptors (Lipinski definition) is 1. The van der Waals surface area contributed by atoms with E-state index in [1.807, 2.05) is 0 Å². The van der Waals surface area contributed by atoms with E-state index in [2.05, 4.69) is 0 Å². The zero-order valence-electron chi connectivity index (χ0n) is 12.2. The predicted octanol–water partition coefficient (Wildman–Crippen LogP) is 5.62. The molecule has 0 N–H and O–H groups in total. The van der Waals surface area contributed by atoms with Crippen LogP contribution in [0.2, 0.25) is 0 Å². The molecular weight excluding hydrogens is 227 g/mol. The van der Waals surface area contributed by atoms with Crippen LogP contribution in [0.5, 0.6) is 0 Å². The SMILES string of the molecule is CC(=O)CCCCCCCCCCCCCCF. The molecule has 0 unspecified atom stereocenters. The minimum absolute atomic E-state index is 0.149. The lowest BCUT2D eigenvalue weighted by Crippen LogP contribution is -1.89. The Bertz CT molecular complexity index is 180. The van der Waals surface area contributed by atoms with E-state index in [-0.39, 0.29) is 6.67 Å². The molecule has 1 nitrogen and oxygen atoms in total. The minimum Gasteiger partial charge on any atom is -0.300 e. The van der Waals surface area contributed by atoms with Crippen LogP contribution in [0, 0.1) is 0 Å². The van der Waals surface area contributed by atoms with Gasteiger partial charge >= 0.3 is 0 Å². The summed E-state index contributed by atoms with van der Waals surface area (Å²) in [5.41, 5.74) is 0. The summed E-state index contributed by atoms with van der Waals surface area (Å²) in [6.45, 7) is 1.53. The van der Waals surface area contributed by atoms with E-state index in [9.17, 15) is 9.18 Å². The summed E-state index contributed by atoms with van der Waals surface area (Å²) in [6, 6.07) is 0. The van der Waals surface area contributed by atoms with Gasteiger partial charge in [0.25, 0.3) is 0 Å². The molecule has 18 heavy (non-hydrogen) atoms. The van der Waals surface area contributed by atoms with Crippen LogP contribution in [0.25, 0.3) is 0 Å². The molecule has 0 aromatic carbocycles. The van der Waals surface area contributed by atoms with Crippen LogP contribution in [0.15, 0.2) is 0 Å². The second-order valence-electron chi connectivity index (χ2n) is 5.38. The predicted molar refractivity (Wildman–Crippen MR) is 76.7 cm³/mol. The Balaban J connectivity index is 2.92. The van der Waals surface area contributed by atoms with Crippen molar-refractivity contribution in [2.45, 2.75) is 90.4 Å². The van der Waals surface area contributed by atoms with E-state index in [0.29, 0.717) is 5.78 Å². The van der Waals surface area contributed by atoms with E-state index in [1.165, 1.54) is 57.8 Å². The molecule has 0 amide bonds. The lowest BCUT2D eigenvalue weighted by Gasteiger charge is -2.02. The monoisotopic (exact) mass is 258 g/mol. The summed E-state index contributed by atoms with van der Waals surface area (Å²) < 4.78 is 11.8. The van der Waals surface area contributed by atoms with Gasteiger partial charge in [0, 0.05) is 6.42 Å². The third-order valence-electron chi connectivity index (χ3n) is 3.41. The Kier molecular flexibility index (Phi) is 14.3. The van der Waals surface area contributed by atoms with Crippen molar-refractivity contribution in [3.8, 4) is 0 Å². The maximum absolute atomic E-state index is 11.8. The van der Waals surface area contributed by atoms with Gasteiger partial charge in [0.05, 0.1) is 6.67 Å². The van der Waals surface area contributed by atoms with Crippen molar-refractivity contribution in [3.63, 3.8) is 0 Å². The second-order valence-corrected chi connectivity index (χ2v) is 5.38. The molecule has 0 radical (unpaired) electrons. The van der Waals surface area contributed by atoms with Crippen molar-refractivity contribution in [3.05, 3.63) is 0 Å². The molecule has 0 rings (SSSR count). The molecule has 0 saturated heterocycles. The number of rotatable bonds is 14. The summed E-state index contributed by atoms with van der Waals surface area (Å²) in [6.07, 6.45) is 15.3. The van der Waals surface area contributed by atoms with Crippen LogP contribution in [-0.4, -0.2) is 12.5 Å². The van der Waals surface area contributed by atoms with Gasteiger partial charge in [0.15, 0.2) is 0 Å². The molecule has 0 aromatic heterocycles. The van der Waals surface area contributed by atoms with E-state index in [0.717, 1.165) is 25.7 Å². The summed E-state index contributed by atoms with van der Waals surface area (Å²) in [5, 5.41) is 0. The van der Waals surface area contributed by atoms with Gasteiger partial charge in [-0.1, -0.05) is 64.2 Å². The first-order chi connectivity index (χ1) is 8.77. The van der Waals surface area contributed by atoms with Crippen molar-refractivity contribution in [1.82, 2.24) is 0 Å². The average Bonchev–Trinajstić information content (AvgIpc) is 2.34.